The number of carboxylic acid groups (broad SMARTS) is 2. The highest BCUT2D eigenvalue weighted by molar-refractivity contribution is 6.05. The first-order chi connectivity index (χ1) is 7.43. The summed E-state index contributed by atoms with van der Waals surface area (Å²) in [6.45, 7) is 0. The maximum Gasteiger partial charge on any atom is 0.338 e. The van der Waals surface area contributed by atoms with E-state index in [0.717, 1.165) is 6.07 Å². The highest BCUT2D eigenvalue weighted by Crippen LogP contribution is 2.22. The zero-order valence-corrected chi connectivity index (χ0v) is 8.04. The standard InChI is InChI=1S/C9H9N3O4/c10-9(11)12-5-3-1-2-4(7(13)14)6(5)8(15)16/h1-3H,(H,13,14)(H,15,16)(H4,10,11,12). The third-order valence-corrected chi connectivity index (χ3v) is 1.74. The molecule has 0 atom stereocenters. The number of hydrogen-bond acceptors (Lipinski definition) is 3. The van der Waals surface area contributed by atoms with Crippen LogP contribution in [0.4, 0.5) is 5.69 Å². The molecule has 16 heavy (non-hydrogen) atoms. The van der Waals surface area contributed by atoms with Crippen LogP contribution in [0, 0.1) is 0 Å². The van der Waals surface area contributed by atoms with Crippen molar-refractivity contribution in [3.8, 4) is 0 Å². The average molecular weight is 223 g/mol. The van der Waals surface area contributed by atoms with Gasteiger partial charge in [0, 0.05) is 0 Å². The van der Waals surface area contributed by atoms with Gasteiger partial charge in [0.05, 0.1) is 16.8 Å². The second-order valence-electron chi connectivity index (χ2n) is 2.85. The van der Waals surface area contributed by atoms with Crippen LogP contribution < -0.4 is 11.5 Å². The lowest BCUT2D eigenvalue weighted by Gasteiger charge is -2.04. The topological polar surface area (TPSA) is 139 Å². The second-order valence-corrected chi connectivity index (χ2v) is 2.85. The van der Waals surface area contributed by atoms with Gasteiger partial charge < -0.3 is 21.7 Å². The number of guanidine groups is 1. The molecule has 84 valence electrons. The molecule has 7 heteroatoms. The van der Waals surface area contributed by atoms with Crippen molar-refractivity contribution in [2.24, 2.45) is 16.5 Å². The summed E-state index contributed by atoms with van der Waals surface area (Å²) in [5.41, 5.74) is 9.32. The number of rotatable bonds is 3. The number of nitrogens with two attached hydrogens (primary N) is 2. The van der Waals surface area contributed by atoms with Crippen molar-refractivity contribution in [3.63, 3.8) is 0 Å². The third-order valence-electron chi connectivity index (χ3n) is 1.74. The fraction of sp³-hybridized carbons (Fsp3) is 0. The second kappa shape index (κ2) is 4.30. The number of hydrogen-bond donors (Lipinski definition) is 4. The maximum atomic E-state index is 10.9. The van der Waals surface area contributed by atoms with Gasteiger partial charge >= 0.3 is 11.9 Å². The number of aromatic carboxylic acids is 2. The van der Waals surface area contributed by atoms with Crippen LogP contribution in [-0.2, 0) is 0 Å². The molecule has 0 fully saturated rings. The lowest BCUT2D eigenvalue weighted by atomic mass is 10.1. The van der Waals surface area contributed by atoms with Crippen LogP contribution in [0.25, 0.3) is 0 Å². The monoisotopic (exact) mass is 223 g/mol. The van der Waals surface area contributed by atoms with E-state index in [1.165, 1.54) is 12.1 Å². The first-order valence-corrected chi connectivity index (χ1v) is 4.12. The number of aliphatic imine (C=N–C) groups is 1. The Kier molecular flexibility index (Phi) is 3.09. The van der Waals surface area contributed by atoms with Gasteiger partial charge in [-0.25, -0.2) is 14.6 Å². The van der Waals surface area contributed by atoms with Gasteiger partial charge in [0.15, 0.2) is 5.96 Å². The zero-order valence-electron chi connectivity index (χ0n) is 8.04. The molecule has 7 nitrogen and oxygen atoms in total. The summed E-state index contributed by atoms with van der Waals surface area (Å²) in [4.78, 5) is 25.3. The van der Waals surface area contributed by atoms with Crippen molar-refractivity contribution in [2.75, 3.05) is 0 Å². The van der Waals surface area contributed by atoms with E-state index in [-0.39, 0.29) is 17.2 Å². The van der Waals surface area contributed by atoms with Crippen LogP contribution >= 0.6 is 0 Å². The molecule has 0 aliphatic rings. The smallest absolute Gasteiger partial charge is 0.338 e. The lowest BCUT2D eigenvalue weighted by molar-refractivity contribution is 0.0652. The Balaban J connectivity index is 3.51. The van der Waals surface area contributed by atoms with Crippen molar-refractivity contribution in [1.82, 2.24) is 0 Å². The van der Waals surface area contributed by atoms with Crippen LogP contribution in [0.5, 0.6) is 0 Å². The molecule has 6 N–H and O–H groups in total. The van der Waals surface area contributed by atoms with Gasteiger partial charge in [-0.1, -0.05) is 6.07 Å². The fourth-order valence-corrected chi connectivity index (χ4v) is 1.18. The van der Waals surface area contributed by atoms with Gasteiger partial charge in [-0.2, -0.15) is 0 Å². The molecule has 0 saturated heterocycles. The molecule has 0 amide bonds. The van der Waals surface area contributed by atoms with Crippen molar-refractivity contribution in [2.45, 2.75) is 0 Å². The van der Waals surface area contributed by atoms with Gasteiger partial charge in [-0.3, -0.25) is 0 Å². The molecule has 1 aromatic carbocycles. The molecule has 1 aromatic rings. The fourth-order valence-electron chi connectivity index (χ4n) is 1.18. The minimum atomic E-state index is -1.40. The molecule has 0 bridgehead atoms. The Morgan fingerprint density at radius 3 is 2.19 bits per heavy atom. The first-order valence-electron chi connectivity index (χ1n) is 4.12. The lowest BCUT2D eigenvalue weighted by Crippen LogP contribution is -2.22. The normalized spacial score (nSPS) is 9.50. The van der Waals surface area contributed by atoms with E-state index in [0.29, 0.717) is 0 Å². The Morgan fingerprint density at radius 1 is 1.12 bits per heavy atom. The summed E-state index contributed by atoms with van der Waals surface area (Å²) in [6, 6.07) is 3.84. The summed E-state index contributed by atoms with van der Waals surface area (Å²) in [6.07, 6.45) is 0. The van der Waals surface area contributed by atoms with Crippen LogP contribution in [0.15, 0.2) is 23.2 Å². The minimum absolute atomic E-state index is 0.0904. The number of carboxylic acids is 2. The van der Waals surface area contributed by atoms with E-state index >= 15 is 0 Å². The molecule has 0 aromatic heterocycles. The molecule has 0 spiro atoms. The predicted molar refractivity (Wildman–Crippen MR) is 55.8 cm³/mol. The predicted octanol–water partition coefficient (Wildman–Crippen LogP) is -0.0121. The van der Waals surface area contributed by atoms with Crippen LogP contribution in [0.1, 0.15) is 20.7 Å². The van der Waals surface area contributed by atoms with E-state index in [1.807, 2.05) is 0 Å². The SMILES string of the molecule is NC(N)=Nc1cccc(C(=O)O)c1C(=O)O. The van der Waals surface area contributed by atoms with E-state index in [1.54, 1.807) is 0 Å². The maximum absolute atomic E-state index is 10.9. The summed E-state index contributed by atoms with van der Waals surface area (Å²) < 4.78 is 0. The number of nitrogens with zero attached hydrogens (tertiary/aromatic N) is 1. The Bertz CT molecular complexity index is 478. The van der Waals surface area contributed by atoms with E-state index < -0.39 is 17.5 Å². The minimum Gasteiger partial charge on any atom is -0.478 e. The summed E-state index contributed by atoms with van der Waals surface area (Å²) in [5, 5.41) is 17.7. The molecule has 0 heterocycles. The van der Waals surface area contributed by atoms with Crippen LogP contribution in [0.2, 0.25) is 0 Å². The molecular formula is C9H9N3O4. The molecule has 0 radical (unpaired) electrons. The largest absolute Gasteiger partial charge is 0.478 e. The zero-order chi connectivity index (χ0) is 12.3. The van der Waals surface area contributed by atoms with Crippen molar-refractivity contribution >= 4 is 23.6 Å². The quantitative estimate of drug-likeness (QED) is 0.419. The van der Waals surface area contributed by atoms with Gasteiger partial charge in [0.25, 0.3) is 0 Å². The van der Waals surface area contributed by atoms with Crippen molar-refractivity contribution < 1.29 is 19.8 Å². The summed E-state index contributed by atoms with van der Waals surface area (Å²) in [7, 11) is 0. The van der Waals surface area contributed by atoms with Crippen LogP contribution in [-0.4, -0.2) is 28.1 Å². The average Bonchev–Trinajstić information content (AvgIpc) is 2.15. The van der Waals surface area contributed by atoms with Crippen molar-refractivity contribution in [3.05, 3.63) is 29.3 Å². The van der Waals surface area contributed by atoms with Crippen LogP contribution in [0.3, 0.4) is 0 Å². The van der Waals surface area contributed by atoms with Gasteiger partial charge in [-0.15, -0.1) is 0 Å². The Labute approximate surface area is 90.0 Å². The Morgan fingerprint density at radius 2 is 1.75 bits per heavy atom. The van der Waals surface area contributed by atoms with E-state index in [4.69, 9.17) is 21.7 Å². The molecule has 0 unspecified atom stereocenters. The van der Waals surface area contributed by atoms with Gasteiger partial charge in [0.2, 0.25) is 0 Å². The summed E-state index contributed by atoms with van der Waals surface area (Å²) in [5.74, 6) is -3.10. The first kappa shape index (κ1) is 11.5. The highest BCUT2D eigenvalue weighted by Gasteiger charge is 2.19. The molecule has 1 rings (SSSR count). The highest BCUT2D eigenvalue weighted by atomic mass is 16.4. The Hall–Kier alpha value is -2.57. The summed E-state index contributed by atoms with van der Waals surface area (Å²) >= 11 is 0. The third kappa shape index (κ3) is 2.27. The van der Waals surface area contributed by atoms with Crippen molar-refractivity contribution in [1.29, 1.82) is 0 Å². The van der Waals surface area contributed by atoms with Gasteiger partial charge in [0.1, 0.15) is 0 Å². The van der Waals surface area contributed by atoms with E-state index in [9.17, 15) is 9.59 Å². The number of carbonyl (C=O) groups is 2. The molecular weight excluding hydrogens is 214 g/mol. The van der Waals surface area contributed by atoms with E-state index in [2.05, 4.69) is 4.99 Å². The number of benzene rings is 1. The van der Waals surface area contributed by atoms with Gasteiger partial charge in [-0.05, 0) is 12.1 Å². The molecule has 0 aliphatic carbocycles. The molecule has 0 saturated carbocycles. The molecule has 0 aliphatic heterocycles.